The van der Waals surface area contributed by atoms with Gasteiger partial charge in [0.15, 0.2) is 0 Å². The first-order valence-electron chi connectivity index (χ1n) is 7.47. The van der Waals surface area contributed by atoms with Crippen molar-refractivity contribution in [2.24, 2.45) is 0 Å². The first-order chi connectivity index (χ1) is 9.64. The maximum Gasteiger partial charge on any atom is 0.372 e. The van der Waals surface area contributed by atoms with Crippen LogP contribution in [0.25, 0.3) is 0 Å². The number of carbonyl (C=O) groups excluding carboxylic acids is 1. The molecule has 0 radical (unpaired) electrons. The molecule has 0 saturated heterocycles. The van der Waals surface area contributed by atoms with E-state index in [4.69, 9.17) is 8.85 Å². The molecule has 1 aromatic rings. The van der Waals surface area contributed by atoms with Gasteiger partial charge in [-0.05, 0) is 38.4 Å². The highest BCUT2D eigenvalue weighted by molar-refractivity contribution is 6.81. The van der Waals surface area contributed by atoms with Crippen molar-refractivity contribution in [2.45, 2.75) is 46.1 Å². The van der Waals surface area contributed by atoms with Crippen molar-refractivity contribution >= 4 is 19.5 Å². The minimum atomic E-state index is -2.35. The number of benzene rings is 1. The van der Waals surface area contributed by atoms with Gasteiger partial charge in [0.05, 0.1) is 0 Å². The van der Waals surface area contributed by atoms with Crippen molar-refractivity contribution in [3.8, 4) is 0 Å². The van der Waals surface area contributed by atoms with Crippen molar-refractivity contribution < 1.29 is 13.6 Å². The van der Waals surface area contributed by atoms with Gasteiger partial charge < -0.3 is 13.6 Å². The number of carbonyl (C=O) groups is 1. The molecule has 0 aliphatic rings. The van der Waals surface area contributed by atoms with Crippen LogP contribution in [0.5, 0.6) is 0 Å². The van der Waals surface area contributed by atoms with Gasteiger partial charge in [-0.1, -0.05) is 36.8 Å². The second-order valence-electron chi connectivity index (χ2n) is 4.89. The van der Waals surface area contributed by atoms with E-state index in [0.717, 1.165) is 18.9 Å². The predicted molar refractivity (Wildman–Crippen MR) is 84.4 cm³/mol. The van der Waals surface area contributed by atoms with E-state index >= 15 is 0 Å². The second kappa shape index (κ2) is 9.05. The molecule has 0 amide bonds. The molecule has 4 heteroatoms. The lowest BCUT2D eigenvalue weighted by atomic mass is 10.2. The summed E-state index contributed by atoms with van der Waals surface area (Å²) in [7, 11) is -2.35. The summed E-state index contributed by atoms with van der Waals surface area (Å²) in [5.74, 6) is 0.254. The third-order valence-electron chi connectivity index (χ3n) is 3.25. The fourth-order valence-electron chi connectivity index (χ4n) is 2.39. The third kappa shape index (κ3) is 5.19. The first kappa shape index (κ1) is 17.1. The third-order valence-corrected chi connectivity index (χ3v) is 6.99. The molecule has 3 nitrogen and oxygen atoms in total. The molecule has 0 saturated carbocycles. The summed E-state index contributed by atoms with van der Waals surface area (Å²) in [4.78, 5) is 11.0. The zero-order valence-electron chi connectivity index (χ0n) is 12.9. The lowest BCUT2D eigenvalue weighted by Crippen LogP contribution is -2.53. The zero-order valence-corrected chi connectivity index (χ0v) is 13.9. The molecule has 1 aromatic carbocycles. The lowest BCUT2D eigenvalue weighted by Gasteiger charge is -2.30. The molecule has 20 heavy (non-hydrogen) atoms. The topological polar surface area (TPSA) is 35.5 Å². The Kier molecular flexibility index (Phi) is 7.73. The van der Waals surface area contributed by atoms with E-state index in [0.29, 0.717) is 19.6 Å². The monoisotopic (exact) mass is 294 g/mol. The molecule has 0 unspecified atom stereocenters. The molecular weight excluding hydrogens is 268 g/mol. The SMILES string of the molecule is CCO[Si](CCCCC(C)=O)(OCC)c1ccccc1. The minimum absolute atomic E-state index is 0.254. The molecule has 0 fully saturated rings. The molecule has 112 valence electrons. The van der Waals surface area contributed by atoms with Crippen LogP contribution in [0.1, 0.15) is 40.0 Å². The largest absolute Gasteiger partial charge is 0.391 e. The smallest absolute Gasteiger partial charge is 0.372 e. The van der Waals surface area contributed by atoms with Gasteiger partial charge >= 0.3 is 8.56 Å². The summed E-state index contributed by atoms with van der Waals surface area (Å²) in [5.41, 5.74) is 0. The van der Waals surface area contributed by atoms with Crippen LogP contribution in [0.15, 0.2) is 30.3 Å². The first-order valence-corrected chi connectivity index (χ1v) is 9.50. The van der Waals surface area contributed by atoms with Crippen LogP contribution in [0.2, 0.25) is 6.04 Å². The maximum atomic E-state index is 11.0. The average Bonchev–Trinajstić information content (AvgIpc) is 2.44. The maximum absolute atomic E-state index is 11.0. The van der Waals surface area contributed by atoms with E-state index < -0.39 is 8.56 Å². The van der Waals surface area contributed by atoms with E-state index in [2.05, 4.69) is 12.1 Å². The molecule has 0 bridgehead atoms. The summed E-state index contributed by atoms with van der Waals surface area (Å²) in [6.07, 6.45) is 2.54. The summed E-state index contributed by atoms with van der Waals surface area (Å²) >= 11 is 0. The second-order valence-corrected chi connectivity index (χ2v) is 8.05. The average molecular weight is 294 g/mol. The lowest BCUT2D eigenvalue weighted by molar-refractivity contribution is -0.117. The Morgan fingerprint density at radius 3 is 2.15 bits per heavy atom. The van der Waals surface area contributed by atoms with Crippen molar-refractivity contribution in [3.05, 3.63) is 30.3 Å². The molecule has 0 atom stereocenters. The van der Waals surface area contributed by atoms with Crippen molar-refractivity contribution in [1.29, 1.82) is 0 Å². The van der Waals surface area contributed by atoms with Crippen LogP contribution in [-0.2, 0) is 13.6 Å². The van der Waals surface area contributed by atoms with E-state index in [1.807, 2.05) is 32.0 Å². The zero-order chi connectivity index (χ0) is 14.8. The fraction of sp³-hybridized carbons (Fsp3) is 0.562. The van der Waals surface area contributed by atoms with Gasteiger partial charge in [0.1, 0.15) is 5.78 Å². The molecule has 0 N–H and O–H groups in total. The highest BCUT2D eigenvalue weighted by atomic mass is 28.4. The van der Waals surface area contributed by atoms with Gasteiger partial charge in [-0.3, -0.25) is 0 Å². The van der Waals surface area contributed by atoms with Crippen molar-refractivity contribution in [2.75, 3.05) is 13.2 Å². The molecular formula is C16H26O3Si. The summed E-state index contributed by atoms with van der Waals surface area (Å²) < 4.78 is 12.2. The van der Waals surface area contributed by atoms with E-state index in [9.17, 15) is 4.79 Å². The minimum Gasteiger partial charge on any atom is -0.391 e. The highest BCUT2D eigenvalue weighted by Gasteiger charge is 2.38. The molecule has 1 rings (SSSR count). The summed E-state index contributed by atoms with van der Waals surface area (Å²) in [5, 5.41) is 1.19. The molecule has 0 heterocycles. The van der Waals surface area contributed by atoms with Gasteiger partial charge in [-0.2, -0.15) is 0 Å². The predicted octanol–water partition coefficient (Wildman–Crippen LogP) is 3.17. The standard InChI is InChI=1S/C16H26O3Si/c1-4-18-20(19-5-2,14-10-9-11-15(3)17)16-12-7-6-8-13-16/h6-8,12-13H,4-5,9-11,14H2,1-3H3. The van der Waals surface area contributed by atoms with Crippen LogP contribution in [-0.4, -0.2) is 27.6 Å². The Hall–Kier alpha value is -0.973. The van der Waals surface area contributed by atoms with Gasteiger partial charge in [0.25, 0.3) is 0 Å². The van der Waals surface area contributed by atoms with Crippen LogP contribution in [0.4, 0.5) is 0 Å². The number of ketones is 1. The van der Waals surface area contributed by atoms with Gasteiger partial charge in [-0.25, -0.2) is 0 Å². The number of rotatable bonds is 10. The Bertz CT molecular complexity index is 386. The van der Waals surface area contributed by atoms with E-state index in [-0.39, 0.29) is 5.78 Å². The highest BCUT2D eigenvalue weighted by Crippen LogP contribution is 2.19. The Morgan fingerprint density at radius 2 is 1.65 bits per heavy atom. The Balaban J connectivity index is 2.79. The normalized spacial score (nSPS) is 11.6. The fourth-order valence-corrected chi connectivity index (χ4v) is 5.73. The molecule has 0 aliphatic carbocycles. The molecule has 0 aromatic heterocycles. The van der Waals surface area contributed by atoms with Crippen molar-refractivity contribution in [1.82, 2.24) is 0 Å². The van der Waals surface area contributed by atoms with Crippen LogP contribution in [0, 0.1) is 0 Å². The molecule has 0 spiro atoms. The van der Waals surface area contributed by atoms with Crippen LogP contribution in [0.3, 0.4) is 0 Å². The van der Waals surface area contributed by atoms with Crippen LogP contribution < -0.4 is 5.19 Å². The quantitative estimate of drug-likeness (QED) is 0.491. The number of hydrogen-bond acceptors (Lipinski definition) is 3. The van der Waals surface area contributed by atoms with Gasteiger partial charge in [0.2, 0.25) is 0 Å². The van der Waals surface area contributed by atoms with Gasteiger partial charge in [-0.15, -0.1) is 0 Å². The molecule has 0 aliphatic heterocycles. The van der Waals surface area contributed by atoms with Crippen molar-refractivity contribution in [3.63, 3.8) is 0 Å². The summed E-state index contributed by atoms with van der Waals surface area (Å²) in [6.45, 7) is 6.99. The van der Waals surface area contributed by atoms with E-state index in [1.54, 1.807) is 6.92 Å². The summed E-state index contributed by atoms with van der Waals surface area (Å²) in [6, 6.07) is 11.2. The Morgan fingerprint density at radius 1 is 1.05 bits per heavy atom. The van der Waals surface area contributed by atoms with Gasteiger partial charge in [0, 0.05) is 19.6 Å². The number of hydrogen-bond donors (Lipinski definition) is 0. The number of unbranched alkanes of at least 4 members (excludes halogenated alkanes) is 1. The number of Topliss-reactive ketones (excluding diaryl/α,β-unsaturated/α-hetero) is 1. The Labute approximate surface area is 123 Å². The van der Waals surface area contributed by atoms with E-state index in [1.165, 1.54) is 5.19 Å². The van der Waals surface area contributed by atoms with Crippen LogP contribution >= 0.6 is 0 Å².